The largest absolute Gasteiger partial charge is 0.383 e. The van der Waals surface area contributed by atoms with Gasteiger partial charge in [0.15, 0.2) is 0 Å². The van der Waals surface area contributed by atoms with Crippen molar-refractivity contribution < 1.29 is 4.74 Å². The molecule has 1 atom stereocenters. The number of ether oxygens (including phenoxy) is 1. The normalized spacial score (nSPS) is 13.0. The van der Waals surface area contributed by atoms with Crippen molar-refractivity contribution in [3.05, 3.63) is 16.4 Å². The van der Waals surface area contributed by atoms with Gasteiger partial charge in [-0.1, -0.05) is 18.5 Å². The number of nitrogens with zero attached hydrogens (tertiary/aromatic N) is 2. The fourth-order valence-corrected chi connectivity index (χ4v) is 2.14. The van der Waals surface area contributed by atoms with Crippen LogP contribution in [0.3, 0.4) is 0 Å². The van der Waals surface area contributed by atoms with Crippen molar-refractivity contribution in [2.75, 3.05) is 20.3 Å². The van der Waals surface area contributed by atoms with Gasteiger partial charge >= 0.3 is 0 Å². The molecular formula is C12H22ClN3O. The highest BCUT2D eigenvalue weighted by Gasteiger charge is 2.16. The van der Waals surface area contributed by atoms with Crippen LogP contribution in [-0.2, 0) is 18.2 Å². The Balaban J connectivity index is 2.70. The summed E-state index contributed by atoms with van der Waals surface area (Å²) in [7, 11) is 3.59. The molecule has 0 radical (unpaired) electrons. The van der Waals surface area contributed by atoms with Gasteiger partial charge in [-0.2, -0.15) is 5.10 Å². The number of methoxy groups -OCH3 is 1. The van der Waals surface area contributed by atoms with Gasteiger partial charge in [0, 0.05) is 25.8 Å². The molecule has 0 saturated carbocycles. The average molecular weight is 260 g/mol. The molecule has 1 unspecified atom stereocenters. The lowest BCUT2D eigenvalue weighted by atomic mass is 10.1. The van der Waals surface area contributed by atoms with Crippen LogP contribution in [-0.4, -0.2) is 36.1 Å². The molecule has 98 valence electrons. The summed E-state index contributed by atoms with van der Waals surface area (Å²) in [6.45, 7) is 5.82. The minimum atomic E-state index is 0.292. The van der Waals surface area contributed by atoms with Crippen molar-refractivity contribution in [2.45, 2.75) is 32.7 Å². The minimum Gasteiger partial charge on any atom is -0.383 e. The number of aryl methyl sites for hydroxylation is 2. The van der Waals surface area contributed by atoms with E-state index in [2.05, 4.69) is 17.3 Å². The van der Waals surface area contributed by atoms with Gasteiger partial charge in [0.25, 0.3) is 0 Å². The molecule has 0 spiro atoms. The summed E-state index contributed by atoms with van der Waals surface area (Å²) in [5.41, 5.74) is 2.11. The maximum Gasteiger partial charge on any atom is 0.130 e. The van der Waals surface area contributed by atoms with Crippen molar-refractivity contribution in [3.63, 3.8) is 0 Å². The van der Waals surface area contributed by atoms with Gasteiger partial charge in [0.1, 0.15) is 5.15 Å². The van der Waals surface area contributed by atoms with E-state index in [9.17, 15) is 0 Å². The molecule has 0 bridgehead atoms. The monoisotopic (exact) mass is 259 g/mol. The Kier molecular flexibility index (Phi) is 5.95. The number of hydrogen-bond donors (Lipinski definition) is 1. The summed E-state index contributed by atoms with van der Waals surface area (Å²) in [6.07, 6.45) is 1.96. The van der Waals surface area contributed by atoms with E-state index in [1.165, 1.54) is 0 Å². The lowest BCUT2D eigenvalue weighted by Gasteiger charge is -2.17. The van der Waals surface area contributed by atoms with Gasteiger partial charge in [0.2, 0.25) is 0 Å². The molecule has 1 heterocycles. The molecule has 0 aliphatic carbocycles. The zero-order chi connectivity index (χ0) is 12.8. The smallest absolute Gasteiger partial charge is 0.130 e. The molecule has 0 fully saturated rings. The molecule has 0 aromatic carbocycles. The van der Waals surface area contributed by atoms with Crippen LogP contribution in [0.1, 0.15) is 24.6 Å². The minimum absolute atomic E-state index is 0.292. The fraction of sp³-hybridized carbons (Fsp3) is 0.750. The highest BCUT2D eigenvalue weighted by molar-refractivity contribution is 6.30. The van der Waals surface area contributed by atoms with E-state index in [0.717, 1.165) is 35.8 Å². The molecule has 0 aliphatic rings. The molecule has 0 aliphatic heterocycles. The van der Waals surface area contributed by atoms with E-state index in [4.69, 9.17) is 16.3 Å². The Morgan fingerprint density at radius 1 is 1.53 bits per heavy atom. The lowest BCUT2D eigenvalue weighted by molar-refractivity contribution is 0.166. The van der Waals surface area contributed by atoms with Crippen LogP contribution in [0.2, 0.25) is 5.15 Å². The summed E-state index contributed by atoms with van der Waals surface area (Å²) < 4.78 is 6.95. The van der Waals surface area contributed by atoms with Crippen LogP contribution in [0.15, 0.2) is 0 Å². The summed E-state index contributed by atoms with van der Waals surface area (Å²) in [5, 5.41) is 8.51. The van der Waals surface area contributed by atoms with Gasteiger partial charge in [-0.3, -0.25) is 4.68 Å². The van der Waals surface area contributed by atoms with Crippen LogP contribution >= 0.6 is 11.6 Å². The third kappa shape index (κ3) is 3.98. The SMILES string of the molecule is CCCNC(COC)Cc1c(C)nn(C)c1Cl. The quantitative estimate of drug-likeness (QED) is 0.814. The maximum atomic E-state index is 6.22. The molecule has 1 aromatic heterocycles. The number of halogens is 1. The predicted molar refractivity (Wildman–Crippen MR) is 70.6 cm³/mol. The first kappa shape index (κ1) is 14.5. The van der Waals surface area contributed by atoms with Crippen LogP contribution in [0, 0.1) is 6.92 Å². The Labute approximate surface area is 108 Å². The molecule has 1 rings (SSSR count). The van der Waals surface area contributed by atoms with Crippen LogP contribution in [0.4, 0.5) is 0 Å². The van der Waals surface area contributed by atoms with Crippen LogP contribution in [0.5, 0.6) is 0 Å². The van der Waals surface area contributed by atoms with Crippen molar-refractivity contribution >= 4 is 11.6 Å². The van der Waals surface area contributed by atoms with Gasteiger partial charge in [-0.25, -0.2) is 0 Å². The second-order valence-electron chi connectivity index (χ2n) is 4.29. The van der Waals surface area contributed by atoms with E-state index in [0.29, 0.717) is 12.6 Å². The van der Waals surface area contributed by atoms with Gasteiger partial charge in [0.05, 0.1) is 12.3 Å². The third-order valence-corrected chi connectivity index (χ3v) is 3.24. The van der Waals surface area contributed by atoms with E-state index in [1.807, 2.05) is 14.0 Å². The van der Waals surface area contributed by atoms with E-state index in [-0.39, 0.29) is 0 Å². The van der Waals surface area contributed by atoms with Gasteiger partial charge in [-0.15, -0.1) is 0 Å². The van der Waals surface area contributed by atoms with Crippen LogP contribution in [0.25, 0.3) is 0 Å². The Hall–Kier alpha value is -0.580. The molecule has 1 aromatic rings. The Bertz CT molecular complexity index is 352. The molecule has 0 amide bonds. The summed E-state index contributed by atoms with van der Waals surface area (Å²) in [6, 6.07) is 0.292. The highest BCUT2D eigenvalue weighted by Crippen LogP contribution is 2.20. The molecule has 0 saturated heterocycles. The number of rotatable bonds is 7. The van der Waals surface area contributed by atoms with E-state index < -0.39 is 0 Å². The van der Waals surface area contributed by atoms with Crippen molar-refractivity contribution in [2.24, 2.45) is 7.05 Å². The van der Waals surface area contributed by atoms with Crippen molar-refractivity contribution in [3.8, 4) is 0 Å². The topological polar surface area (TPSA) is 39.1 Å². The molecule has 5 heteroatoms. The van der Waals surface area contributed by atoms with Crippen molar-refractivity contribution in [1.82, 2.24) is 15.1 Å². The lowest BCUT2D eigenvalue weighted by Crippen LogP contribution is -2.35. The average Bonchev–Trinajstić information content (AvgIpc) is 2.53. The molecule has 1 N–H and O–H groups in total. The summed E-state index contributed by atoms with van der Waals surface area (Å²) in [5.74, 6) is 0. The van der Waals surface area contributed by atoms with Gasteiger partial charge in [-0.05, 0) is 26.3 Å². The first-order valence-corrected chi connectivity index (χ1v) is 6.38. The third-order valence-electron chi connectivity index (χ3n) is 2.77. The number of hydrogen-bond acceptors (Lipinski definition) is 3. The highest BCUT2D eigenvalue weighted by atomic mass is 35.5. The summed E-state index contributed by atoms with van der Waals surface area (Å²) >= 11 is 6.22. The van der Waals surface area contributed by atoms with Gasteiger partial charge < -0.3 is 10.1 Å². The van der Waals surface area contributed by atoms with E-state index in [1.54, 1.807) is 11.8 Å². The summed E-state index contributed by atoms with van der Waals surface area (Å²) in [4.78, 5) is 0. The zero-order valence-corrected chi connectivity index (χ0v) is 11.8. The Morgan fingerprint density at radius 2 is 2.24 bits per heavy atom. The molecular weight excluding hydrogens is 238 g/mol. The Morgan fingerprint density at radius 3 is 2.71 bits per heavy atom. The second-order valence-corrected chi connectivity index (χ2v) is 4.65. The van der Waals surface area contributed by atoms with Crippen molar-refractivity contribution in [1.29, 1.82) is 0 Å². The van der Waals surface area contributed by atoms with Crippen LogP contribution < -0.4 is 5.32 Å². The first-order valence-electron chi connectivity index (χ1n) is 6.00. The standard InChI is InChI=1S/C12H22ClN3O/c1-5-6-14-10(8-17-4)7-11-9(2)15-16(3)12(11)13/h10,14H,5-8H2,1-4H3. The predicted octanol–water partition coefficient (Wildman–Crippen LogP) is 1.94. The maximum absolute atomic E-state index is 6.22. The molecule has 17 heavy (non-hydrogen) atoms. The first-order chi connectivity index (χ1) is 8.10. The fourth-order valence-electron chi connectivity index (χ4n) is 1.89. The molecule has 4 nitrogen and oxygen atoms in total. The number of aromatic nitrogens is 2. The second kappa shape index (κ2) is 6.99. The van der Waals surface area contributed by atoms with E-state index >= 15 is 0 Å². The number of nitrogens with one attached hydrogen (secondary N) is 1. The zero-order valence-electron chi connectivity index (χ0n) is 11.1.